The Morgan fingerprint density at radius 1 is 0.909 bits per heavy atom. The molecule has 1 fully saturated rings. The molecule has 8 rings (SSSR count). The fraction of sp³-hybridized carbons (Fsp3) is 0.152. The number of rotatable bonds is 7. The molecule has 218 valence electrons. The Bertz CT molecular complexity index is 1840. The number of anilines is 2. The van der Waals surface area contributed by atoms with E-state index in [-0.39, 0.29) is 17.9 Å². The number of benzene rings is 4. The normalized spacial score (nSPS) is 22.8. The van der Waals surface area contributed by atoms with Crippen molar-refractivity contribution >= 4 is 63.6 Å². The first kappa shape index (κ1) is 27.9. The lowest BCUT2D eigenvalue weighted by Gasteiger charge is -2.52. The molecule has 0 saturated carbocycles. The summed E-state index contributed by atoms with van der Waals surface area (Å²) in [6, 6.07) is 28.6. The predicted octanol–water partition coefficient (Wildman–Crippen LogP) is 4.96. The molecule has 1 aliphatic heterocycles. The van der Waals surface area contributed by atoms with E-state index in [2.05, 4.69) is 38.4 Å². The number of amides is 3. The van der Waals surface area contributed by atoms with Crippen LogP contribution in [0.5, 0.6) is 0 Å². The minimum Gasteiger partial charge on any atom is -0.376 e. The molecule has 0 unspecified atom stereocenters. The number of nitrogens with zero attached hydrogens (tertiary/aromatic N) is 3. The molecule has 0 spiro atoms. The maximum absolute atomic E-state index is 14.4. The van der Waals surface area contributed by atoms with Gasteiger partial charge in [0.25, 0.3) is 11.6 Å². The van der Waals surface area contributed by atoms with Crippen LogP contribution in [0.4, 0.5) is 17.1 Å². The Morgan fingerprint density at radius 2 is 1.52 bits per heavy atom. The third-order valence-electron chi connectivity index (χ3n) is 8.76. The SMILES string of the molecule is O=C(CNc1ccc(I)cc1)N/N=C\C12c3ccccc3C(c3ccccc31)[C@@H]1C(=O)N(c3ccccc3[N+](=O)[O-])C(=O)[C@@H]12. The second-order valence-electron chi connectivity index (χ2n) is 10.9. The molecule has 2 bridgehead atoms. The average molecular weight is 697 g/mol. The van der Waals surface area contributed by atoms with Gasteiger partial charge in [-0.2, -0.15) is 5.10 Å². The van der Waals surface area contributed by atoms with E-state index in [0.29, 0.717) is 0 Å². The molecule has 0 radical (unpaired) electrons. The first-order valence-electron chi connectivity index (χ1n) is 14.0. The summed E-state index contributed by atoms with van der Waals surface area (Å²) >= 11 is 2.20. The zero-order chi connectivity index (χ0) is 30.6. The molecule has 4 aromatic rings. The van der Waals surface area contributed by atoms with E-state index in [1.165, 1.54) is 18.2 Å². The van der Waals surface area contributed by atoms with Gasteiger partial charge >= 0.3 is 0 Å². The third-order valence-corrected chi connectivity index (χ3v) is 9.48. The van der Waals surface area contributed by atoms with Gasteiger partial charge in [-0.15, -0.1) is 0 Å². The van der Waals surface area contributed by atoms with E-state index in [1.807, 2.05) is 72.8 Å². The smallest absolute Gasteiger partial charge is 0.293 e. The van der Waals surface area contributed by atoms with Gasteiger partial charge in [-0.05, 0) is 75.2 Å². The lowest BCUT2D eigenvalue weighted by molar-refractivity contribution is -0.384. The zero-order valence-corrected chi connectivity index (χ0v) is 25.2. The summed E-state index contributed by atoms with van der Waals surface area (Å²) < 4.78 is 1.07. The van der Waals surface area contributed by atoms with Crippen LogP contribution in [0, 0.1) is 25.5 Å². The van der Waals surface area contributed by atoms with Gasteiger partial charge < -0.3 is 5.32 Å². The maximum Gasteiger partial charge on any atom is 0.293 e. The van der Waals surface area contributed by atoms with Gasteiger partial charge in [-0.1, -0.05) is 60.7 Å². The minimum atomic E-state index is -1.21. The van der Waals surface area contributed by atoms with Gasteiger partial charge in [0.05, 0.1) is 28.7 Å². The molecule has 11 heteroatoms. The quantitative estimate of drug-likeness (QED) is 0.0922. The minimum absolute atomic E-state index is 0.0326. The van der Waals surface area contributed by atoms with E-state index in [0.717, 1.165) is 36.4 Å². The Hall–Kier alpha value is -4.91. The molecule has 4 aromatic carbocycles. The van der Waals surface area contributed by atoms with Crippen LogP contribution in [-0.4, -0.2) is 35.4 Å². The second-order valence-corrected chi connectivity index (χ2v) is 12.2. The number of hydrogen-bond donors (Lipinski definition) is 2. The lowest BCUT2D eigenvalue weighted by Crippen LogP contribution is -2.54. The molecule has 3 aliphatic carbocycles. The van der Waals surface area contributed by atoms with Crippen molar-refractivity contribution < 1.29 is 19.3 Å². The van der Waals surface area contributed by atoms with Gasteiger partial charge in [0.1, 0.15) is 5.69 Å². The summed E-state index contributed by atoms with van der Waals surface area (Å²) in [5.74, 6) is -3.62. The van der Waals surface area contributed by atoms with E-state index in [9.17, 15) is 24.5 Å². The molecule has 2 N–H and O–H groups in total. The van der Waals surface area contributed by atoms with Crippen molar-refractivity contribution in [3.05, 3.63) is 133 Å². The van der Waals surface area contributed by atoms with Gasteiger partial charge in [-0.25, -0.2) is 10.3 Å². The summed E-state index contributed by atoms with van der Waals surface area (Å²) in [4.78, 5) is 53.8. The maximum atomic E-state index is 14.4. The number of imide groups is 1. The predicted molar refractivity (Wildman–Crippen MR) is 172 cm³/mol. The van der Waals surface area contributed by atoms with Crippen LogP contribution >= 0.6 is 22.6 Å². The van der Waals surface area contributed by atoms with Gasteiger partial charge in [-0.3, -0.25) is 24.5 Å². The fourth-order valence-corrected chi connectivity index (χ4v) is 7.45. The summed E-state index contributed by atoms with van der Waals surface area (Å²) in [6.07, 6.45) is 1.56. The number of halogens is 1. The Kier molecular flexibility index (Phi) is 6.76. The van der Waals surface area contributed by atoms with E-state index >= 15 is 0 Å². The Morgan fingerprint density at radius 3 is 2.18 bits per heavy atom. The van der Waals surface area contributed by atoms with Crippen LogP contribution < -0.4 is 15.6 Å². The highest BCUT2D eigenvalue weighted by Crippen LogP contribution is 2.63. The monoisotopic (exact) mass is 697 g/mol. The molecular formula is C33H24IN5O5. The van der Waals surface area contributed by atoms with Crippen molar-refractivity contribution in [1.29, 1.82) is 0 Å². The number of nitrogens with one attached hydrogen (secondary N) is 2. The molecule has 2 atom stereocenters. The number of hydrazone groups is 1. The van der Waals surface area contributed by atoms with Crippen molar-refractivity contribution in [1.82, 2.24) is 5.43 Å². The molecular weight excluding hydrogens is 673 g/mol. The number of hydrogen-bond acceptors (Lipinski definition) is 7. The zero-order valence-electron chi connectivity index (χ0n) is 23.0. The van der Waals surface area contributed by atoms with Crippen LogP contribution in [0.2, 0.25) is 0 Å². The molecule has 10 nitrogen and oxygen atoms in total. The van der Waals surface area contributed by atoms with E-state index in [1.54, 1.807) is 12.3 Å². The molecule has 1 saturated heterocycles. The molecule has 3 amide bonds. The largest absolute Gasteiger partial charge is 0.376 e. The fourth-order valence-electron chi connectivity index (χ4n) is 7.09. The summed E-state index contributed by atoms with van der Waals surface area (Å²) in [6.45, 7) is -0.0326. The van der Waals surface area contributed by atoms with Crippen LogP contribution in [0.15, 0.2) is 102 Å². The van der Waals surface area contributed by atoms with Gasteiger partial charge in [0.15, 0.2) is 0 Å². The lowest BCUT2D eigenvalue weighted by atomic mass is 9.47. The van der Waals surface area contributed by atoms with Crippen LogP contribution in [0.1, 0.15) is 28.2 Å². The molecule has 1 heterocycles. The van der Waals surface area contributed by atoms with Crippen molar-refractivity contribution in [2.75, 3.05) is 16.8 Å². The summed E-state index contributed by atoms with van der Waals surface area (Å²) in [7, 11) is 0. The van der Waals surface area contributed by atoms with Crippen molar-refractivity contribution in [2.45, 2.75) is 11.3 Å². The highest BCUT2D eigenvalue weighted by atomic mass is 127. The number of para-hydroxylation sites is 2. The number of carbonyl (C=O) groups excluding carboxylic acids is 3. The van der Waals surface area contributed by atoms with Crippen molar-refractivity contribution in [3.63, 3.8) is 0 Å². The third kappa shape index (κ3) is 4.13. The van der Waals surface area contributed by atoms with Crippen molar-refractivity contribution in [3.8, 4) is 0 Å². The van der Waals surface area contributed by atoms with Crippen LogP contribution in [0.25, 0.3) is 0 Å². The van der Waals surface area contributed by atoms with Crippen LogP contribution in [0.3, 0.4) is 0 Å². The Balaban J connectivity index is 1.31. The molecule has 0 aromatic heterocycles. The molecule has 44 heavy (non-hydrogen) atoms. The number of nitro groups is 1. The van der Waals surface area contributed by atoms with E-state index < -0.39 is 45.8 Å². The standard InChI is InChI=1S/C33H24IN5O5/c34-19-13-15-20(16-14-19)35-17-27(40)37-36-18-33-23-9-3-1-7-21(23)28(22-8-2-4-10-24(22)33)29-30(33)32(42)38(31(29)41)25-11-5-6-12-26(25)39(43)44/h1-16,18,28-30,35H,17H2,(H,37,40)/b36-18-/t28?,29-,30+,33?/m0/s1. The highest BCUT2D eigenvalue weighted by molar-refractivity contribution is 14.1. The molecule has 4 aliphatic rings. The van der Waals surface area contributed by atoms with Gasteiger partial charge in [0.2, 0.25) is 11.8 Å². The first-order chi connectivity index (χ1) is 21.3. The number of nitro benzene ring substituents is 1. The highest BCUT2D eigenvalue weighted by Gasteiger charge is 2.68. The second kappa shape index (κ2) is 10.7. The number of carbonyl (C=O) groups is 3. The summed E-state index contributed by atoms with van der Waals surface area (Å²) in [5.41, 5.74) is 5.16. The van der Waals surface area contributed by atoms with Gasteiger partial charge in [0, 0.05) is 27.5 Å². The van der Waals surface area contributed by atoms with Crippen LogP contribution in [-0.2, 0) is 19.8 Å². The summed E-state index contributed by atoms with van der Waals surface area (Å²) in [5, 5.41) is 19.4. The average Bonchev–Trinajstić information content (AvgIpc) is 3.31. The topological polar surface area (TPSA) is 134 Å². The van der Waals surface area contributed by atoms with E-state index in [4.69, 9.17) is 0 Å². The Labute approximate surface area is 265 Å². The van der Waals surface area contributed by atoms with Crippen molar-refractivity contribution in [2.24, 2.45) is 16.9 Å². The first-order valence-corrected chi connectivity index (χ1v) is 15.0.